The number of H-pyrrole nitrogens is 1. The van der Waals surface area contributed by atoms with Crippen molar-refractivity contribution in [3.63, 3.8) is 0 Å². The summed E-state index contributed by atoms with van der Waals surface area (Å²) in [4.78, 5) is 27.1. The molecule has 26 heavy (non-hydrogen) atoms. The van der Waals surface area contributed by atoms with Crippen LogP contribution in [-0.2, 0) is 4.79 Å². The van der Waals surface area contributed by atoms with Crippen molar-refractivity contribution in [2.75, 3.05) is 17.7 Å². The zero-order chi connectivity index (χ0) is 18.8. The third-order valence-electron chi connectivity index (χ3n) is 4.34. The number of fused-ring (bicyclic) bond motifs is 1. The number of rotatable bonds is 4. The van der Waals surface area contributed by atoms with Crippen molar-refractivity contribution < 1.29 is 14.3 Å². The molecule has 0 bridgehead atoms. The molecule has 6 heteroatoms. The van der Waals surface area contributed by atoms with Gasteiger partial charge < -0.3 is 20.4 Å². The SMILES string of the molecule is COc1cc(NC(=O)c2ccc3[nH]c(C)c(C)c3c2)ccc1NC(C)=O. The summed E-state index contributed by atoms with van der Waals surface area (Å²) in [5, 5.41) is 6.58. The number of ether oxygens (including phenoxy) is 1. The second-order valence-corrected chi connectivity index (χ2v) is 6.19. The van der Waals surface area contributed by atoms with E-state index in [0.717, 1.165) is 22.2 Å². The predicted octanol–water partition coefficient (Wildman–Crippen LogP) is 4.00. The number of aromatic nitrogens is 1. The van der Waals surface area contributed by atoms with E-state index in [0.29, 0.717) is 22.7 Å². The average Bonchev–Trinajstić information content (AvgIpc) is 2.89. The number of aryl methyl sites for hydroxylation is 2. The lowest BCUT2D eigenvalue weighted by Crippen LogP contribution is -2.12. The first kappa shape index (κ1) is 17.5. The van der Waals surface area contributed by atoms with Crippen LogP contribution in [0.4, 0.5) is 11.4 Å². The zero-order valence-electron chi connectivity index (χ0n) is 15.2. The van der Waals surface area contributed by atoms with Gasteiger partial charge in [0.2, 0.25) is 5.91 Å². The van der Waals surface area contributed by atoms with Crippen LogP contribution in [0.3, 0.4) is 0 Å². The van der Waals surface area contributed by atoms with E-state index in [1.54, 1.807) is 24.3 Å². The third kappa shape index (κ3) is 3.39. The van der Waals surface area contributed by atoms with Crippen LogP contribution >= 0.6 is 0 Å². The minimum atomic E-state index is -0.209. The Morgan fingerprint density at radius 3 is 2.50 bits per heavy atom. The summed E-state index contributed by atoms with van der Waals surface area (Å²) in [6.07, 6.45) is 0. The van der Waals surface area contributed by atoms with E-state index in [9.17, 15) is 9.59 Å². The van der Waals surface area contributed by atoms with Crippen LogP contribution in [0.15, 0.2) is 36.4 Å². The largest absolute Gasteiger partial charge is 0.494 e. The third-order valence-corrected chi connectivity index (χ3v) is 4.34. The smallest absolute Gasteiger partial charge is 0.255 e. The predicted molar refractivity (Wildman–Crippen MR) is 103 cm³/mol. The first-order valence-electron chi connectivity index (χ1n) is 8.25. The number of anilines is 2. The molecule has 0 fully saturated rings. The fourth-order valence-corrected chi connectivity index (χ4v) is 2.87. The lowest BCUT2D eigenvalue weighted by molar-refractivity contribution is -0.114. The van der Waals surface area contributed by atoms with Gasteiger partial charge >= 0.3 is 0 Å². The molecule has 6 nitrogen and oxygen atoms in total. The number of methoxy groups -OCH3 is 1. The molecule has 3 rings (SSSR count). The highest BCUT2D eigenvalue weighted by molar-refractivity contribution is 6.07. The fourth-order valence-electron chi connectivity index (χ4n) is 2.87. The van der Waals surface area contributed by atoms with E-state index in [1.807, 2.05) is 26.0 Å². The Labute approximate surface area is 151 Å². The number of hydrogen-bond acceptors (Lipinski definition) is 3. The monoisotopic (exact) mass is 351 g/mol. The van der Waals surface area contributed by atoms with E-state index < -0.39 is 0 Å². The van der Waals surface area contributed by atoms with Crippen molar-refractivity contribution >= 4 is 34.1 Å². The van der Waals surface area contributed by atoms with Gasteiger partial charge in [-0.25, -0.2) is 0 Å². The van der Waals surface area contributed by atoms with Gasteiger partial charge in [-0.3, -0.25) is 9.59 Å². The van der Waals surface area contributed by atoms with E-state index in [1.165, 1.54) is 14.0 Å². The summed E-state index contributed by atoms with van der Waals surface area (Å²) in [6.45, 7) is 5.47. The normalized spacial score (nSPS) is 10.6. The molecule has 0 saturated heterocycles. The van der Waals surface area contributed by atoms with Gasteiger partial charge in [0.25, 0.3) is 5.91 Å². The topological polar surface area (TPSA) is 83.2 Å². The maximum atomic E-state index is 12.6. The van der Waals surface area contributed by atoms with Crippen molar-refractivity contribution in [1.29, 1.82) is 0 Å². The second kappa shape index (κ2) is 6.92. The van der Waals surface area contributed by atoms with Crippen LogP contribution in [0.2, 0.25) is 0 Å². The number of amides is 2. The Kier molecular flexibility index (Phi) is 4.67. The number of benzene rings is 2. The standard InChI is InChI=1S/C20H21N3O3/c1-11-12(2)21-17-7-5-14(9-16(11)17)20(25)23-15-6-8-18(22-13(3)24)19(10-15)26-4/h5-10,21H,1-4H3,(H,22,24)(H,23,25). The van der Waals surface area contributed by atoms with E-state index in [-0.39, 0.29) is 11.8 Å². The molecule has 0 spiro atoms. The molecule has 0 aliphatic heterocycles. The molecule has 1 aromatic heterocycles. The molecular weight excluding hydrogens is 330 g/mol. The molecule has 3 aromatic rings. The molecule has 0 saturated carbocycles. The van der Waals surface area contributed by atoms with Crippen molar-refractivity contribution in [2.24, 2.45) is 0 Å². The van der Waals surface area contributed by atoms with Crippen molar-refractivity contribution in [3.8, 4) is 5.75 Å². The highest BCUT2D eigenvalue weighted by atomic mass is 16.5. The molecule has 0 aliphatic rings. The summed E-state index contributed by atoms with van der Waals surface area (Å²) in [7, 11) is 1.51. The highest BCUT2D eigenvalue weighted by Crippen LogP contribution is 2.28. The van der Waals surface area contributed by atoms with Crippen molar-refractivity contribution in [2.45, 2.75) is 20.8 Å². The summed E-state index contributed by atoms with van der Waals surface area (Å²) < 4.78 is 5.28. The van der Waals surface area contributed by atoms with Gasteiger partial charge in [0, 0.05) is 40.8 Å². The molecule has 134 valence electrons. The average molecular weight is 351 g/mol. The number of aromatic amines is 1. The van der Waals surface area contributed by atoms with Gasteiger partial charge in [0.15, 0.2) is 0 Å². The van der Waals surface area contributed by atoms with E-state index in [2.05, 4.69) is 15.6 Å². The Morgan fingerprint density at radius 1 is 1.04 bits per heavy atom. The van der Waals surface area contributed by atoms with Gasteiger partial charge in [0.05, 0.1) is 12.8 Å². The van der Waals surface area contributed by atoms with Crippen LogP contribution in [0.5, 0.6) is 5.75 Å². The summed E-state index contributed by atoms with van der Waals surface area (Å²) in [6, 6.07) is 10.7. The van der Waals surface area contributed by atoms with Gasteiger partial charge in [-0.15, -0.1) is 0 Å². The van der Waals surface area contributed by atoms with Crippen molar-refractivity contribution in [1.82, 2.24) is 4.98 Å². The molecule has 2 aromatic carbocycles. The second-order valence-electron chi connectivity index (χ2n) is 6.19. The number of hydrogen-bond donors (Lipinski definition) is 3. The van der Waals surface area contributed by atoms with Gasteiger partial charge in [-0.1, -0.05) is 0 Å². The Hall–Kier alpha value is -3.28. The molecule has 0 atom stereocenters. The van der Waals surface area contributed by atoms with Crippen LogP contribution in [0.1, 0.15) is 28.5 Å². The van der Waals surface area contributed by atoms with Crippen LogP contribution in [0.25, 0.3) is 10.9 Å². The van der Waals surface area contributed by atoms with Crippen LogP contribution in [-0.4, -0.2) is 23.9 Å². The van der Waals surface area contributed by atoms with E-state index in [4.69, 9.17) is 4.74 Å². The quantitative estimate of drug-likeness (QED) is 0.664. The van der Waals surface area contributed by atoms with Gasteiger partial charge in [-0.05, 0) is 49.7 Å². The Morgan fingerprint density at radius 2 is 1.81 bits per heavy atom. The Bertz CT molecular complexity index is 1000. The molecule has 0 unspecified atom stereocenters. The maximum absolute atomic E-state index is 12.6. The van der Waals surface area contributed by atoms with Gasteiger partial charge in [0.1, 0.15) is 5.75 Å². The molecule has 3 N–H and O–H groups in total. The fraction of sp³-hybridized carbons (Fsp3) is 0.200. The first-order valence-corrected chi connectivity index (χ1v) is 8.25. The zero-order valence-corrected chi connectivity index (χ0v) is 15.2. The number of carbonyl (C=O) groups excluding carboxylic acids is 2. The van der Waals surface area contributed by atoms with Crippen LogP contribution in [0, 0.1) is 13.8 Å². The lowest BCUT2D eigenvalue weighted by atomic mass is 10.1. The Balaban J connectivity index is 1.85. The molecule has 2 amide bonds. The number of nitrogens with one attached hydrogen (secondary N) is 3. The first-order chi connectivity index (χ1) is 12.4. The minimum Gasteiger partial charge on any atom is -0.494 e. The molecular formula is C20H21N3O3. The lowest BCUT2D eigenvalue weighted by Gasteiger charge is -2.12. The molecule has 0 radical (unpaired) electrons. The van der Waals surface area contributed by atoms with Crippen LogP contribution < -0.4 is 15.4 Å². The summed E-state index contributed by atoms with van der Waals surface area (Å²) in [5.74, 6) is 0.0793. The van der Waals surface area contributed by atoms with Crippen molar-refractivity contribution in [3.05, 3.63) is 53.2 Å². The molecule has 1 heterocycles. The van der Waals surface area contributed by atoms with Gasteiger partial charge in [-0.2, -0.15) is 0 Å². The summed E-state index contributed by atoms with van der Waals surface area (Å²) >= 11 is 0. The van der Waals surface area contributed by atoms with E-state index >= 15 is 0 Å². The highest BCUT2D eigenvalue weighted by Gasteiger charge is 2.12. The minimum absolute atomic E-state index is 0.189. The summed E-state index contributed by atoms with van der Waals surface area (Å²) in [5.41, 5.74) is 4.95. The maximum Gasteiger partial charge on any atom is 0.255 e. The molecule has 0 aliphatic carbocycles. The number of carbonyl (C=O) groups is 2.